The number of nitrogens with two attached hydrogens (primary N) is 1. The number of halogens is 8. The summed E-state index contributed by atoms with van der Waals surface area (Å²) in [5, 5.41) is 9.16. The van der Waals surface area contributed by atoms with Crippen molar-refractivity contribution in [2.24, 2.45) is 0 Å². The largest absolute Gasteiger partial charge is 0.430 e. The molecule has 0 fully saturated rings. The summed E-state index contributed by atoms with van der Waals surface area (Å²) in [5.74, 6) is 0. The predicted octanol–water partition coefficient (Wildman–Crippen LogP) is 4.11. The van der Waals surface area contributed by atoms with E-state index in [1.807, 2.05) is 0 Å². The maximum atomic E-state index is 12.6. The highest BCUT2D eigenvalue weighted by Crippen LogP contribution is 2.51. The summed E-state index contributed by atoms with van der Waals surface area (Å²) in [6.07, 6.45) is -11.9. The number of nitrogen functional groups attached to an aromatic ring is 1. The van der Waals surface area contributed by atoms with Crippen molar-refractivity contribution in [2.45, 2.75) is 18.0 Å². The van der Waals surface area contributed by atoms with Crippen molar-refractivity contribution in [1.82, 2.24) is 0 Å². The van der Waals surface area contributed by atoms with Crippen LogP contribution in [-0.2, 0) is 5.60 Å². The lowest BCUT2D eigenvalue weighted by Crippen LogP contribution is -2.53. The first-order valence-corrected chi connectivity index (χ1v) is 6.01. The Morgan fingerprint density at radius 3 is 1.47 bits per heavy atom. The van der Waals surface area contributed by atoms with Gasteiger partial charge < -0.3 is 10.8 Å². The molecule has 0 saturated heterocycles. The van der Waals surface area contributed by atoms with Crippen molar-refractivity contribution in [2.75, 3.05) is 5.73 Å². The Bertz CT molecular complexity index is 461. The molecule has 0 bridgehead atoms. The van der Waals surface area contributed by atoms with Crippen LogP contribution < -0.4 is 5.73 Å². The minimum atomic E-state index is -5.93. The number of hydrogen-bond donors (Lipinski definition) is 2. The summed E-state index contributed by atoms with van der Waals surface area (Å²) < 4.78 is 75.3. The zero-order valence-corrected chi connectivity index (χ0v) is 11.9. The van der Waals surface area contributed by atoms with Crippen LogP contribution in [0, 0.1) is 0 Å². The highest BCUT2D eigenvalue weighted by molar-refractivity contribution is 9.11. The molecule has 19 heavy (non-hydrogen) atoms. The van der Waals surface area contributed by atoms with E-state index in [0.717, 1.165) is 0 Å². The maximum Gasteiger partial charge on any atom is 0.430 e. The van der Waals surface area contributed by atoms with Crippen molar-refractivity contribution >= 4 is 37.5 Å². The Balaban J connectivity index is 3.62. The first-order valence-electron chi connectivity index (χ1n) is 4.43. The van der Waals surface area contributed by atoms with E-state index in [9.17, 15) is 26.3 Å². The fourth-order valence-corrected chi connectivity index (χ4v) is 2.47. The fraction of sp³-hybridized carbons (Fsp3) is 0.333. The second-order valence-corrected chi connectivity index (χ2v) is 5.27. The van der Waals surface area contributed by atoms with E-state index in [1.54, 1.807) is 0 Å². The van der Waals surface area contributed by atoms with Gasteiger partial charge in [-0.3, -0.25) is 0 Å². The van der Waals surface area contributed by atoms with Crippen LogP contribution in [0.25, 0.3) is 0 Å². The van der Waals surface area contributed by atoms with Gasteiger partial charge in [-0.15, -0.1) is 0 Å². The van der Waals surface area contributed by atoms with Crippen molar-refractivity contribution in [3.63, 3.8) is 0 Å². The van der Waals surface area contributed by atoms with Crippen LogP contribution in [-0.4, -0.2) is 17.5 Å². The van der Waals surface area contributed by atoms with Gasteiger partial charge in [0.1, 0.15) is 0 Å². The molecule has 1 aromatic carbocycles. The molecule has 0 aliphatic carbocycles. The van der Waals surface area contributed by atoms with Crippen LogP contribution in [0.5, 0.6) is 0 Å². The molecule has 0 saturated carbocycles. The van der Waals surface area contributed by atoms with Gasteiger partial charge in [-0.25, -0.2) is 0 Å². The first kappa shape index (κ1) is 16.6. The number of anilines is 1. The van der Waals surface area contributed by atoms with Gasteiger partial charge in [0.25, 0.3) is 5.60 Å². The molecule has 0 heterocycles. The van der Waals surface area contributed by atoms with Crippen LogP contribution in [0.3, 0.4) is 0 Å². The molecule has 3 N–H and O–H groups in total. The topological polar surface area (TPSA) is 46.2 Å². The van der Waals surface area contributed by atoms with Crippen LogP contribution in [0.15, 0.2) is 21.1 Å². The normalized spacial score (nSPS) is 13.7. The minimum absolute atomic E-state index is 0.0875. The zero-order valence-electron chi connectivity index (χ0n) is 8.70. The molecule has 0 aliphatic rings. The molecule has 108 valence electrons. The van der Waals surface area contributed by atoms with E-state index < -0.39 is 23.5 Å². The summed E-state index contributed by atoms with van der Waals surface area (Å²) in [5.41, 5.74) is -1.08. The fourth-order valence-electron chi connectivity index (χ4n) is 1.28. The van der Waals surface area contributed by atoms with Crippen LogP contribution in [0.2, 0.25) is 0 Å². The predicted molar refractivity (Wildman–Crippen MR) is 62.3 cm³/mol. The van der Waals surface area contributed by atoms with Gasteiger partial charge in [0.05, 0.1) is 5.69 Å². The second kappa shape index (κ2) is 4.81. The summed E-state index contributed by atoms with van der Waals surface area (Å²) in [6.45, 7) is 0. The van der Waals surface area contributed by atoms with E-state index in [0.29, 0.717) is 12.1 Å². The zero-order chi connectivity index (χ0) is 15.2. The lowest BCUT2D eigenvalue weighted by atomic mass is 9.92. The first-order chi connectivity index (χ1) is 8.32. The summed E-state index contributed by atoms with van der Waals surface area (Å²) in [4.78, 5) is 0. The molecular weight excluding hydrogens is 412 g/mol. The van der Waals surface area contributed by atoms with Crippen molar-refractivity contribution in [3.8, 4) is 0 Å². The second-order valence-electron chi connectivity index (χ2n) is 3.56. The molecule has 0 aromatic heterocycles. The molecule has 1 rings (SSSR count). The van der Waals surface area contributed by atoms with Crippen molar-refractivity contribution in [3.05, 3.63) is 26.6 Å². The average molecular weight is 417 g/mol. The van der Waals surface area contributed by atoms with Gasteiger partial charge in [0.2, 0.25) is 0 Å². The van der Waals surface area contributed by atoms with Gasteiger partial charge in [-0.2, -0.15) is 26.3 Å². The molecule has 0 radical (unpaired) electrons. The molecule has 0 unspecified atom stereocenters. The number of alkyl halides is 6. The van der Waals surface area contributed by atoms with Crippen molar-refractivity contribution in [1.29, 1.82) is 0 Å². The van der Waals surface area contributed by atoms with Gasteiger partial charge in [-0.05, 0) is 44.0 Å². The summed E-state index contributed by atoms with van der Waals surface area (Å²) >= 11 is 5.44. The van der Waals surface area contributed by atoms with Crippen LogP contribution in [0.1, 0.15) is 5.56 Å². The molecule has 0 amide bonds. The highest BCUT2D eigenvalue weighted by Gasteiger charge is 2.71. The SMILES string of the molecule is Nc1c(Br)cc(C(O)(C(F)(F)F)C(F)(F)F)cc1Br. The van der Waals surface area contributed by atoms with E-state index in [4.69, 9.17) is 10.8 Å². The maximum absolute atomic E-state index is 12.6. The van der Waals surface area contributed by atoms with Crippen molar-refractivity contribution < 1.29 is 31.4 Å². The van der Waals surface area contributed by atoms with Gasteiger partial charge in [-0.1, -0.05) is 0 Å². The summed E-state index contributed by atoms with van der Waals surface area (Å²) in [6, 6.07) is 0.947. The molecule has 0 atom stereocenters. The number of aliphatic hydroxyl groups is 1. The monoisotopic (exact) mass is 415 g/mol. The lowest BCUT2D eigenvalue weighted by Gasteiger charge is -2.33. The summed E-state index contributed by atoms with van der Waals surface area (Å²) in [7, 11) is 0. The average Bonchev–Trinajstić information content (AvgIpc) is 2.20. The molecule has 2 nitrogen and oxygen atoms in total. The minimum Gasteiger partial charge on any atom is -0.397 e. The molecule has 10 heteroatoms. The van der Waals surface area contributed by atoms with Crippen LogP contribution in [0.4, 0.5) is 32.0 Å². The Labute approximate surface area is 119 Å². The number of benzene rings is 1. The number of hydrogen-bond acceptors (Lipinski definition) is 2. The molecule has 0 aliphatic heterocycles. The smallest absolute Gasteiger partial charge is 0.397 e. The molecule has 0 spiro atoms. The van der Waals surface area contributed by atoms with E-state index in [2.05, 4.69) is 31.9 Å². The lowest BCUT2D eigenvalue weighted by molar-refractivity contribution is -0.376. The Morgan fingerprint density at radius 2 is 1.21 bits per heavy atom. The molecule has 1 aromatic rings. The third-order valence-corrected chi connectivity index (χ3v) is 3.63. The highest BCUT2D eigenvalue weighted by atomic mass is 79.9. The standard InChI is InChI=1S/C9H5Br2F6NO/c10-4-1-3(2-5(11)6(4)18)7(19,8(12,13)14)9(15,16)17/h1-2,19H,18H2. The Morgan fingerprint density at radius 1 is 0.895 bits per heavy atom. The third kappa shape index (κ3) is 2.70. The molecular formula is C9H5Br2F6NO. The van der Waals surface area contributed by atoms with E-state index in [-0.39, 0.29) is 14.6 Å². The van der Waals surface area contributed by atoms with E-state index >= 15 is 0 Å². The van der Waals surface area contributed by atoms with Gasteiger partial charge in [0.15, 0.2) is 0 Å². The van der Waals surface area contributed by atoms with E-state index in [1.165, 1.54) is 0 Å². The third-order valence-electron chi connectivity index (χ3n) is 2.32. The van der Waals surface area contributed by atoms with Gasteiger partial charge in [0, 0.05) is 14.5 Å². The quantitative estimate of drug-likeness (QED) is 0.534. The Hall–Kier alpha value is -0.480. The van der Waals surface area contributed by atoms with Gasteiger partial charge >= 0.3 is 12.4 Å². The Kier molecular flexibility index (Phi) is 4.20. The number of rotatable bonds is 1. The van der Waals surface area contributed by atoms with Crippen LogP contribution >= 0.6 is 31.9 Å².